The van der Waals surface area contributed by atoms with E-state index in [1.165, 1.54) is 11.5 Å². The molecule has 1 saturated heterocycles. The first-order valence-corrected chi connectivity index (χ1v) is 8.52. The van der Waals surface area contributed by atoms with Gasteiger partial charge in [0.2, 0.25) is 0 Å². The van der Waals surface area contributed by atoms with Crippen LogP contribution >= 0.6 is 11.5 Å². The summed E-state index contributed by atoms with van der Waals surface area (Å²) in [5.74, 6) is 0.0812. The second-order valence-electron chi connectivity index (χ2n) is 5.73. The van der Waals surface area contributed by atoms with E-state index in [1.54, 1.807) is 3.96 Å². The van der Waals surface area contributed by atoms with Crippen LogP contribution in [0, 0.1) is 0 Å². The minimum Gasteiger partial charge on any atom is -0.339 e. The molecule has 4 nitrogen and oxygen atoms in total. The lowest BCUT2D eigenvalue weighted by Crippen LogP contribution is -2.27. The molecule has 116 valence electrons. The molecule has 0 aliphatic carbocycles. The minimum atomic E-state index is -0.00998. The molecule has 0 N–H and O–H groups in total. The van der Waals surface area contributed by atoms with Crippen LogP contribution in [0.3, 0.4) is 0 Å². The number of carbonyl (C=O) groups excluding carboxylic acids is 1. The van der Waals surface area contributed by atoms with Gasteiger partial charge in [-0.1, -0.05) is 23.7 Å². The van der Waals surface area contributed by atoms with E-state index in [0.29, 0.717) is 5.56 Å². The zero-order valence-electron chi connectivity index (χ0n) is 12.6. The van der Waals surface area contributed by atoms with E-state index in [9.17, 15) is 9.59 Å². The Morgan fingerprint density at radius 3 is 2.35 bits per heavy atom. The molecule has 23 heavy (non-hydrogen) atoms. The maximum absolute atomic E-state index is 12.5. The Bertz CT molecular complexity index is 918. The smallest absolute Gasteiger partial charge is 0.273 e. The van der Waals surface area contributed by atoms with Crippen LogP contribution in [-0.4, -0.2) is 27.9 Å². The van der Waals surface area contributed by atoms with Crippen molar-refractivity contribution in [2.75, 3.05) is 13.1 Å². The number of fused-ring (bicyclic) bond motifs is 1. The van der Waals surface area contributed by atoms with Gasteiger partial charge in [0.05, 0.1) is 15.8 Å². The highest BCUT2D eigenvalue weighted by atomic mass is 32.1. The van der Waals surface area contributed by atoms with E-state index in [-0.39, 0.29) is 11.5 Å². The van der Waals surface area contributed by atoms with Crippen LogP contribution in [0.5, 0.6) is 0 Å². The van der Waals surface area contributed by atoms with Gasteiger partial charge in [-0.2, -0.15) is 0 Å². The Morgan fingerprint density at radius 2 is 1.65 bits per heavy atom. The van der Waals surface area contributed by atoms with E-state index in [4.69, 9.17) is 0 Å². The second-order valence-corrected chi connectivity index (χ2v) is 6.72. The summed E-state index contributed by atoms with van der Waals surface area (Å²) >= 11 is 1.43. The third kappa shape index (κ3) is 2.47. The van der Waals surface area contributed by atoms with Gasteiger partial charge in [0.15, 0.2) is 0 Å². The van der Waals surface area contributed by atoms with Crippen LogP contribution in [0.25, 0.3) is 15.8 Å². The molecule has 2 aromatic carbocycles. The highest BCUT2D eigenvalue weighted by Gasteiger charge is 2.19. The van der Waals surface area contributed by atoms with E-state index in [1.807, 2.05) is 53.4 Å². The molecule has 0 bridgehead atoms. The van der Waals surface area contributed by atoms with Crippen molar-refractivity contribution in [2.45, 2.75) is 12.8 Å². The summed E-state index contributed by atoms with van der Waals surface area (Å²) in [5, 5.41) is 0.731. The van der Waals surface area contributed by atoms with Crippen molar-refractivity contribution in [1.82, 2.24) is 8.86 Å². The van der Waals surface area contributed by atoms with E-state index < -0.39 is 0 Å². The number of amides is 1. The maximum Gasteiger partial charge on any atom is 0.273 e. The van der Waals surface area contributed by atoms with Gasteiger partial charge in [0.25, 0.3) is 11.5 Å². The molecule has 0 saturated carbocycles. The van der Waals surface area contributed by atoms with Crippen molar-refractivity contribution in [3.63, 3.8) is 0 Å². The van der Waals surface area contributed by atoms with Crippen molar-refractivity contribution in [3.8, 4) is 5.69 Å². The predicted molar refractivity (Wildman–Crippen MR) is 92.6 cm³/mol. The van der Waals surface area contributed by atoms with Crippen LogP contribution in [-0.2, 0) is 0 Å². The summed E-state index contributed by atoms with van der Waals surface area (Å²) in [6.45, 7) is 1.69. The number of aromatic nitrogens is 1. The van der Waals surface area contributed by atoms with Crippen molar-refractivity contribution in [2.24, 2.45) is 0 Å². The van der Waals surface area contributed by atoms with Crippen LogP contribution < -0.4 is 5.56 Å². The zero-order chi connectivity index (χ0) is 15.8. The molecule has 0 unspecified atom stereocenters. The number of hydrogen-bond acceptors (Lipinski definition) is 3. The quantitative estimate of drug-likeness (QED) is 0.726. The van der Waals surface area contributed by atoms with Crippen LogP contribution in [0.1, 0.15) is 23.2 Å². The lowest BCUT2D eigenvalue weighted by Gasteiger charge is -2.15. The minimum absolute atomic E-state index is 0.00998. The number of benzene rings is 2. The lowest BCUT2D eigenvalue weighted by atomic mass is 10.2. The summed E-state index contributed by atoms with van der Waals surface area (Å²) in [6, 6.07) is 14.9. The average Bonchev–Trinajstić information content (AvgIpc) is 3.23. The molecule has 4 rings (SSSR count). The van der Waals surface area contributed by atoms with Gasteiger partial charge in [-0.25, -0.2) is 3.96 Å². The van der Waals surface area contributed by atoms with Gasteiger partial charge in [0, 0.05) is 18.7 Å². The third-order valence-corrected chi connectivity index (χ3v) is 5.35. The van der Waals surface area contributed by atoms with Gasteiger partial charge < -0.3 is 4.90 Å². The van der Waals surface area contributed by atoms with Gasteiger partial charge in [-0.05, 0) is 49.2 Å². The van der Waals surface area contributed by atoms with E-state index >= 15 is 0 Å². The second kappa shape index (κ2) is 5.66. The van der Waals surface area contributed by atoms with Crippen molar-refractivity contribution in [3.05, 3.63) is 64.4 Å². The molecular formula is C18H16N2O2S. The standard InChI is InChI=1S/C18H16N2O2S/c21-17(19-11-3-4-12-19)13-7-9-14(10-8-13)20-18(22)15-5-1-2-6-16(15)23-20/h1-2,5-10H,3-4,11-12H2. The first-order chi connectivity index (χ1) is 11.2. The monoisotopic (exact) mass is 324 g/mol. The predicted octanol–water partition coefficient (Wildman–Crippen LogP) is 3.29. The Labute approximate surface area is 137 Å². The normalized spacial score (nSPS) is 14.5. The Kier molecular flexibility index (Phi) is 3.50. The summed E-state index contributed by atoms with van der Waals surface area (Å²) in [5.41, 5.74) is 1.48. The highest BCUT2D eigenvalue weighted by Crippen LogP contribution is 2.21. The molecular weight excluding hydrogens is 308 g/mol. The molecule has 1 amide bonds. The fourth-order valence-corrected chi connectivity index (χ4v) is 3.98. The average molecular weight is 324 g/mol. The van der Waals surface area contributed by atoms with Crippen molar-refractivity contribution >= 4 is 27.5 Å². The van der Waals surface area contributed by atoms with Gasteiger partial charge in [0.1, 0.15) is 0 Å². The SMILES string of the molecule is O=C(c1ccc(-n2sc3ccccc3c2=O)cc1)N1CCCC1. The van der Waals surface area contributed by atoms with Gasteiger partial charge >= 0.3 is 0 Å². The molecule has 1 aliphatic rings. The Balaban J connectivity index is 1.68. The molecule has 3 aromatic rings. The molecule has 0 spiro atoms. The first kappa shape index (κ1) is 14.2. The van der Waals surface area contributed by atoms with Gasteiger partial charge in [-0.15, -0.1) is 0 Å². The molecule has 0 atom stereocenters. The third-order valence-electron chi connectivity index (χ3n) is 4.23. The van der Waals surface area contributed by atoms with E-state index in [0.717, 1.165) is 41.7 Å². The van der Waals surface area contributed by atoms with E-state index in [2.05, 4.69) is 0 Å². The number of likely N-dealkylation sites (tertiary alicyclic amines) is 1. The zero-order valence-corrected chi connectivity index (χ0v) is 13.4. The van der Waals surface area contributed by atoms with Crippen molar-refractivity contribution in [1.29, 1.82) is 0 Å². The number of carbonyl (C=O) groups is 1. The summed E-state index contributed by atoms with van der Waals surface area (Å²) in [6.07, 6.45) is 2.17. The van der Waals surface area contributed by atoms with Gasteiger partial charge in [-0.3, -0.25) is 9.59 Å². The molecule has 1 fully saturated rings. The Hall–Kier alpha value is -2.40. The van der Waals surface area contributed by atoms with Crippen molar-refractivity contribution < 1.29 is 4.79 Å². The molecule has 5 heteroatoms. The molecule has 1 aromatic heterocycles. The summed E-state index contributed by atoms with van der Waals surface area (Å²) in [4.78, 5) is 26.7. The molecule has 2 heterocycles. The summed E-state index contributed by atoms with van der Waals surface area (Å²) in [7, 11) is 0. The molecule has 0 radical (unpaired) electrons. The topological polar surface area (TPSA) is 42.3 Å². The largest absolute Gasteiger partial charge is 0.339 e. The Morgan fingerprint density at radius 1 is 0.957 bits per heavy atom. The fraction of sp³-hybridized carbons (Fsp3) is 0.222. The number of hydrogen-bond donors (Lipinski definition) is 0. The maximum atomic E-state index is 12.5. The number of rotatable bonds is 2. The summed E-state index contributed by atoms with van der Waals surface area (Å²) < 4.78 is 2.64. The first-order valence-electron chi connectivity index (χ1n) is 7.75. The van der Waals surface area contributed by atoms with Crippen LogP contribution in [0.4, 0.5) is 0 Å². The fourth-order valence-electron chi connectivity index (χ4n) is 2.98. The molecule has 1 aliphatic heterocycles. The van der Waals surface area contributed by atoms with Crippen LogP contribution in [0.2, 0.25) is 0 Å². The highest BCUT2D eigenvalue weighted by molar-refractivity contribution is 7.14. The van der Waals surface area contributed by atoms with Crippen LogP contribution in [0.15, 0.2) is 53.3 Å². The lowest BCUT2D eigenvalue weighted by molar-refractivity contribution is 0.0793. The number of nitrogens with zero attached hydrogens (tertiary/aromatic N) is 2.